The zero-order valence-electron chi connectivity index (χ0n) is 26.8. The zero-order valence-corrected chi connectivity index (χ0v) is 26.8. The normalized spacial score (nSPS) is 20.4. The van der Waals surface area contributed by atoms with E-state index >= 15 is 0 Å². The fraction of sp³-hybridized carbons (Fsp3) is 0.167. The predicted molar refractivity (Wildman–Crippen MR) is 177 cm³/mol. The average Bonchev–Trinajstić information content (AvgIpc) is 3.08. The van der Waals surface area contributed by atoms with Crippen LogP contribution in [0.25, 0.3) is 0 Å². The number of hydrogen-bond acceptors (Lipinski definition) is 17. The van der Waals surface area contributed by atoms with E-state index in [1.54, 1.807) is 0 Å². The summed E-state index contributed by atoms with van der Waals surface area (Å²) in [5.41, 5.74) is -0.672. The predicted octanol–water partition coefficient (Wildman–Crippen LogP) is 3.61. The Morgan fingerprint density at radius 2 is 0.981 bits per heavy atom. The second kappa shape index (κ2) is 12.3. The summed E-state index contributed by atoms with van der Waals surface area (Å²) in [6.07, 6.45) is -6.41. The number of benzene rings is 5. The Bertz CT molecular complexity index is 2230. The number of ether oxygens (including phenoxy) is 3. The summed E-state index contributed by atoms with van der Waals surface area (Å²) in [7, 11) is 0. The van der Waals surface area contributed by atoms with E-state index in [9.17, 15) is 71.5 Å². The summed E-state index contributed by atoms with van der Waals surface area (Å²) in [5, 5.41) is 147. The molecule has 0 bridgehead atoms. The third-order valence-electron chi connectivity index (χ3n) is 9.17. The van der Waals surface area contributed by atoms with Gasteiger partial charge in [0.05, 0.1) is 5.92 Å². The quantitative estimate of drug-likeness (QED) is 0.115. The van der Waals surface area contributed by atoms with Crippen LogP contribution in [0.2, 0.25) is 0 Å². The lowest BCUT2D eigenvalue weighted by atomic mass is 9.77. The molecule has 276 valence electrons. The van der Waals surface area contributed by atoms with Crippen molar-refractivity contribution in [3.63, 3.8) is 0 Å². The molecule has 0 amide bonds. The zero-order chi connectivity index (χ0) is 38.2. The molecule has 0 fully saturated rings. The van der Waals surface area contributed by atoms with Gasteiger partial charge in [0.25, 0.3) is 0 Å². The lowest BCUT2D eigenvalue weighted by Crippen LogP contribution is -2.38. The van der Waals surface area contributed by atoms with Crippen LogP contribution in [-0.2, 0) is 6.42 Å². The molecule has 0 saturated heterocycles. The van der Waals surface area contributed by atoms with E-state index in [1.807, 2.05) is 0 Å². The molecule has 0 aliphatic carbocycles. The average molecular weight is 735 g/mol. The highest BCUT2D eigenvalue weighted by atomic mass is 16.5. The third-order valence-corrected chi connectivity index (χ3v) is 9.17. The molecule has 0 unspecified atom stereocenters. The smallest absolute Gasteiger partial charge is 0.200 e. The van der Waals surface area contributed by atoms with Crippen LogP contribution in [0.5, 0.6) is 92.0 Å². The Balaban J connectivity index is 1.43. The van der Waals surface area contributed by atoms with E-state index in [0.29, 0.717) is 0 Å². The number of hydrogen-bond donors (Lipinski definition) is 14. The van der Waals surface area contributed by atoms with Crippen LogP contribution < -0.4 is 14.2 Å². The van der Waals surface area contributed by atoms with Gasteiger partial charge in [0.1, 0.15) is 52.5 Å². The molecule has 0 aromatic heterocycles. The molecule has 2 aliphatic heterocycles. The van der Waals surface area contributed by atoms with E-state index in [0.717, 1.165) is 54.6 Å². The second-order valence-corrected chi connectivity index (χ2v) is 12.5. The maximum atomic E-state index is 12.0. The third kappa shape index (κ3) is 5.64. The van der Waals surface area contributed by atoms with Gasteiger partial charge in [-0.1, -0.05) is 0 Å². The fourth-order valence-corrected chi connectivity index (χ4v) is 6.76. The minimum Gasteiger partial charge on any atom is -0.508 e. The van der Waals surface area contributed by atoms with Crippen molar-refractivity contribution in [1.82, 2.24) is 0 Å². The molecule has 2 heterocycles. The topological polar surface area (TPSA) is 311 Å². The highest BCUT2D eigenvalue weighted by molar-refractivity contribution is 5.66. The molecule has 0 radical (unpaired) electrons. The standard InChI is InChI=1S/C36H30O17/c37-13-5-17(39)27-25(6-13)52-35(12-3-21(43)31(48)22(44)4-12)33(50)29(27)28-18(40)10-16(38)15-9-26(51-14-7-23(45)32(49)24(46)8-14)34(53-36(15)28)11-1-19(41)30(47)20(42)2-11/h1-8,10,26,29,33-35,37-50H,9H2/t26-,29-,33-,34-,35-/m1/s1. The summed E-state index contributed by atoms with van der Waals surface area (Å²) in [4.78, 5) is 0. The van der Waals surface area contributed by atoms with Crippen molar-refractivity contribution in [3.8, 4) is 92.0 Å². The number of aliphatic hydroxyl groups excluding tert-OH is 1. The van der Waals surface area contributed by atoms with Crippen LogP contribution in [0.15, 0.2) is 54.6 Å². The molecule has 53 heavy (non-hydrogen) atoms. The van der Waals surface area contributed by atoms with Crippen molar-refractivity contribution in [2.45, 2.75) is 36.8 Å². The molecule has 5 aromatic rings. The molecule has 7 rings (SSSR count). The Morgan fingerprint density at radius 3 is 1.53 bits per heavy atom. The van der Waals surface area contributed by atoms with Crippen molar-refractivity contribution in [2.24, 2.45) is 0 Å². The maximum Gasteiger partial charge on any atom is 0.200 e. The molecule has 17 nitrogen and oxygen atoms in total. The van der Waals surface area contributed by atoms with Crippen LogP contribution in [0, 0.1) is 0 Å². The van der Waals surface area contributed by atoms with Gasteiger partial charge in [-0.05, 0) is 24.3 Å². The van der Waals surface area contributed by atoms with Crippen molar-refractivity contribution in [2.75, 3.05) is 0 Å². The van der Waals surface area contributed by atoms with E-state index in [4.69, 9.17) is 14.2 Å². The van der Waals surface area contributed by atoms with Crippen LogP contribution in [0.1, 0.15) is 45.9 Å². The van der Waals surface area contributed by atoms with E-state index in [2.05, 4.69) is 0 Å². The molecule has 14 N–H and O–H groups in total. The SMILES string of the molecule is Oc1cc(O)c2c(c1)O[C@H](c1cc(O)c(O)c(O)c1)[C@H](O)[C@H]2c1c(O)cc(O)c2c1O[C@H](c1cc(O)c(O)c(O)c1)[C@H](Oc1cc(O)c(O)c(O)c1)C2. The summed E-state index contributed by atoms with van der Waals surface area (Å²) in [6.45, 7) is 0. The van der Waals surface area contributed by atoms with Crippen LogP contribution in [0.3, 0.4) is 0 Å². The highest BCUT2D eigenvalue weighted by Crippen LogP contribution is 2.58. The first-order chi connectivity index (χ1) is 25.0. The van der Waals surface area contributed by atoms with E-state index in [1.165, 1.54) is 0 Å². The van der Waals surface area contributed by atoms with E-state index < -0.39 is 105 Å². The fourth-order valence-electron chi connectivity index (χ4n) is 6.76. The van der Waals surface area contributed by atoms with Crippen molar-refractivity contribution in [1.29, 1.82) is 0 Å². The van der Waals surface area contributed by atoms with Gasteiger partial charge in [-0.25, -0.2) is 0 Å². The lowest BCUT2D eigenvalue weighted by Gasteiger charge is -2.41. The summed E-state index contributed by atoms with van der Waals surface area (Å²) >= 11 is 0. The van der Waals surface area contributed by atoms with Gasteiger partial charge in [-0.3, -0.25) is 0 Å². The number of phenolic OH excluding ortho intramolecular Hbond substituents is 13. The monoisotopic (exact) mass is 734 g/mol. The van der Waals surface area contributed by atoms with Crippen molar-refractivity contribution >= 4 is 0 Å². The van der Waals surface area contributed by atoms with Gasteiger partial charge in [-0.2, -0.15) is 0 Å². The molecule has 0 spiro atoms. The summed E-state index contributed by atoms with van der Waals surface area (Å²) in [6, 6.07) is 8.85. The minimum absolute atomic E-state index is 0.0527. The van der Waals surface area contributed by atoms with Gasteiger partial charge in [0, 0.05) is 64.6 Å². The van der Waals surface area contributed by atoms with Crippen LogP contribution >= 0.6 is 0 Å². The van der Waals surface area contributed by atoms with Crippen LogP contribution in [0.4, 0.5) is 0 Å². The van der Waals surface area contributed by atoms with Crippen LogP contribution in [-0.4, -0.2) is 83.7 Å². The molecule has 5 atom stereocenters. The number of aliphatic hydroxyl groups is 1. The maximum absolute atomic E-state index is 12.0. The van der Waals surface area contributed by atoms with Crippen molar-refractivity contribution < 1.29 is 85.7 Å². The lowest BCUT2D eigenvalue weighted by molar-refractivity contribution is 0.00334. The molecule has 2 aliphatic rings. The molecule has 5 aromatic carbocycles. The Morgan fingerprint density at radius 1 is 0.491 bits per heavy atom. The minimum atomic E-state index is -1.83. The Labute approximate surface area is 296 Å². The van der Waals surface area contributed by atoms with Gasteiger partial charge in [0.2, 0.25) is 5.75 Å². The molecule has 0 saturated carbocycles. The summed E-state index contributed by atoms with van der Waals surface area (Å²) < 4.78 is 18.4. The molecule has 17 heteroatoms. The second-order valence-electron chi connectivity index (χ2n) is 12.5. The number of fused-ring (bicyclic) bond motifs is 2. The van der Waals surface area contributed by atoms with Gasteiger partial charge < -0.3 is 85.7 Å². The van der Waals surface area contributed by atoms with Gasteiger partial charge in [0.15, 0.2) is 58.2 Å². The first-order valence-electron chi connectivity index (χ1n) is 15.6. The van der Waals surface area contributed by atoms with Gasteiger partial charge >= 0.3 is 0 Å². The largest absolute Gasteiger partial charge is 0.508 e. The Hall–Kier alpha value is -7.14. The van der Waals surface area contributed by atoms with E-state index in [-0.39, 0.29) is 51.5 Å². The Kier molecular flexibility index (Phi) is 7.95. The first-order valence-corrected chi connectivity index (χ1v) is 15.6. The highest BCUT2D eigenvalue weighted by Gasteiger charge is 2.47. The van der Waals surface area contributed by atoms with Gasteiger partial charge in [-0.15, -0.1) is 0 Å². The number of aromatic hydroxyl groups is 13. The number of rotatable bonds is 5. The number of phenols is 13. The molecular formula is C36H30O17. The molecular weight excluding hydrogens is 704 g/mol. The van der Waals surface area contributed by atoms with Crippen molar-refractivity contribution in [3.05, 3.63) is 82.4 Å². The summed E-state index contributed by atoms with van der Waals surface area (Å²) in [5.74, 6) is -11.9. The first kappa shape index (κ1) is 34.3.